The number of benzene rings is 3. The molecule has 3 aromatic rings. The lowest BCUT2D eigenvalue weighted by Crippen LogP contribution is -2.06. The van der Waals surface area contributed by atoms with E-state index in [2.05, 4.69) is 11.6 Å². The van der Waals surface area contributed by atoms with E-state index in [1.165, 1.54) is 18.2 Å². The minimum atomic E-state index is -0.643. The van der Waals surface area contributed by atoms with Crippen LogP contribution in [0.5, 0.6) is 5.75 Å². The number of aliphatic imine (C=N–C) groups is 1. The van der Waals surface area contributed by atoms with Crippen LogP contribution in [0.3, 0.4) is 0 Å². The highest BCUT2D eigenvalue weighted by molar-refractivity contribution is 6.34. The maximum absolute atomic E-state index is 12.3. The molecular weight excluding hydrogens is 444 g/mol. The predicted octanol–water partition coefficient (Wildman–Crippen LogP) is 5.90. The summed E-state index contributed by atoms with van der Waals surface area (Å²) in [4.78, 5) is 26.8. The monoisotopic (exact) mass is 460 g/mol. The molecule has 1 aliphatic rings. The van der Waals surface area contributed by atoms with Gasteiger partial charge in [0.2, 0.25) is 5.90 Å². The predicted molar refractivity (Wildman–Crippen MR) is 125 cm³/mol. The number of nitrogens with zero attached hydrogens (tertiary/aromatic N) is 2. The summed E-state index contributed by atoms with van der Waals surface area (Å²) in [6, 6.07) is 20.7. The number of esters is 1. The summed E-state index contributed by atoms with van der Waals surface area (Å²) < 4.78 is 11.2. The standard InChI is InChI=1S/C25H17ClN2O5/c1-2-23(17-6-4-3-5-7-17)32-19-11-8-16(9-12-19)14-22-25(29)33-24(27-22)20-13-10-18(28(30)31)15-21(20)26/h2-15,23H,1H2/b22-14-. The van der Waals surface area contributed by atoms with E-state index in [1.807, 2.05) is 30.3 Å². The minimum Gasteiger partial charge on any atom is -0.482 e. The fraction of sp³-hybridized carbons (Fsp3) is 0.0400. The van der Waals surface area contributed by atoms with Crippen molar-refractivity contribution in [3.63, 3.8) is 0 Å². The van der Waals surface area contributed by atoms with Crippen LogP contribution in [0.1, 0.15) is 22.8 Å². The van der Waals surface area contributed by atoms with Crippen molar-refractivity contribution >= 4 is 35.2 Å². The number of non-ortho nitro benzene ring substituents is 1. The zero-order valence-electron chi connectivity index (χ0n) is 17.2. The maximum Gasteiger partial charge on any atom is 0.363 e. The smallest absolute Gasteiger partial charge is 0.363 e. The largest absolute Gasteiger partial charge is 0.482 e. The summed E-state index contributed by atoms with van der Waals surface area (Å²) in [5.74, 6) is -0.0138. The van der Waals surface area contributed by atoms with Crippen molar-refractivity contribution < 1.29 is 19.2 Å². The van der Waals surface area contributed by atoms with Gasteiger partial charge in [0.1, 0.15) is 11.9 Å². The SMILES string of the molecule is C=CC(Oc1ccc(/C=C2\N=C(c3ccc([N+](=O)[O-])cc3Cl)OC2=O)cc1)c1ccccc1. The molecular formula is C25H17ClN2O5. The molecule has 0 N–H and O–H groups in total. The van der Waals surface area contributed by atoms with Gasteiger partial charge in [-0.15, -0.1) is 0 Å². The lowest BCUT2D eigenvalue weighted by molar-refractivity contribution is -0.384. The lowest BCUT2D eigenvalue weighted by atomic mass is 10.1. The van der Waals surface area contributed by atoms with Crippen molar-refractivity contribution in [2.24, 2.45) is 4.99 Å². The van der Waals surface area contributed by atoms with E-state index < -0.39 is 10.9 Å². The van der Waals surface area contributed by atoms with Crippen molar-refractivity contribution in [3.8, 4) is 5.75 Å². The molecule has 0 saturated heterocycles. The van der Waals surface area contributed by atoms with Crippen LogP contribution in [-0.2, 0) is 9.53 Å². The summed E-state index contributed by atoms with van der Waals surface area (Å²) in [7, 11) is 0. The quantitative estimate of drug-likeness (QED) is 0.144. The molecule has 0 radical (unpaired) electrons. The van der Waals surface area contributed by atoms with Crippen LogP contribution in [0.2, 0.25) is 5.02 Å². The molecule has 0 aromatic heterocycles. The van der Waals surface area contributed by atoms with Gasteiger partial charge in [0, 0.05) is 12.1 Å². The molecule has 1 unspecified atom stereocenters. The number of carbonyl (C=O) groups is 1. The summed E-state index contributed by atoms with van der Waals surface area (Å²) in [5.41, 5.74) is 1.90. The van der Waals surface area contributed by atoms with E-state index >= 15 is 0 Å². The second kappa shape index (κ2) is 9.50. The number of halogens is 1. The molecule has 7 nitrogen and oxygen atoms in total. The van der Waals surface area contributed by atoms with E-state index in [9.17, 15) is 14.9 Å². The molecule has 1 aliphatic heterocycles. The third-order valence-corrected chi connectivity index (χ3v) is 5.12. The van der Waals surface area contributed by atoms with Crippen molar-refractivity contribution in [2.45, 2.75) is 6.10 Å². The molecule has 4 rings (SSSR count). The fourth-order valence-corrected chi connectivity index (χ4v) is 3.41. The molecule has 8 heteroatoms. The highest BCUT2D eigenvalue weighted by Crippen LogP contribution is 2.28. The van der Waals surface area contributed by atoms with Crippen LogP contribution in [0.4, 0.5) is 5.69 Å². The van der Waals surface area contributed by atoms with Crippen LogP contribution in [-0.4, -0.2) is 16.8 Å². The van der Waals surface area contributed by atoms with Crippen LogP contribution >= 0.6 is 11.6 Å². The van der Waals surface area contributed by atoms with Gasteiger partial charge in [-0.3, -0.25) is 10.1 Å². The number of rotatable bonds is 7. The lowest BCUT2D eigenvalue weighted by Gasteiger charge is -2.16. The summed E-state index contributed by atoms with van der Waals surface area (Å²) in [6.07, 6.45) is 3.00. The Morgan fingerprint density at radius 2 is 1.82 bits per heavy atom. The first-order valence-electron chi connectivity index (χ1n) is 9.85. The highest BCUT2D eigenvalue weighted by atomic mass is 35.5. The van der Waals surface area contributed by atoms with Gasteiger partial charge in [-0.2, -0.15) is 0 Å². The number of ether oxygens (including phenoxy) is 2. The second-order valence-electron chi connectivity index (χ2n) is 7.01. The average molecular weight is 461 g/mol. The zero-order chi connectivity index (χ0) is 23.4. The first kappa shape index (κ1) is 22.0. The van der Waals surface area contributed by atoms with Crippen LogP contribution in [0, 0.1) is 10.1 Å². The first-order chi connectivity index (χ1) is 15.9. The van der Waals surface area contributed by atoms with Crippen molar-refractivity contribution in [1.82, 2.24) is 0 Å². The van der Waals surface area contributed by atoms with Crippen LogP contribution in [0.25, 0.3) is 6.08 Å². The molecule has 33 heavy (non-hydrogen) atoms. The van der Waals surface area contributed by atoms with Gasteiger partial charge in [0.15, 0.2) is 5.70 Å². The number of cyclic esters (lactones) is 1. The molecule has 1 atom stereocenters. The maximum atomic E-state index is 12.3. The van der Waals surface area contributed by atoms with Gasteiger partial charge in [-0.1, -0.05) is 60.6 Å². The number of nitro benzene ring substituents is 1. The molecule has 164 valence electrons. The Balaban J connectivity index is 1.52. The molecule has 0 aliphatic carbocycles. The Labute approximate surface area is 194 Å². The van der Waals surface area contributed by atoms with E-state index in [0.29, 0.717) is 16.9 Å². The number of nitro groups is 1. The molecule has 0 bridgehead atoms. The minimum absolute atomic E-state index is 0.0113. The van der Waals surface area contributed by atoms with Crippen molar-refractivity contribution in [3.05, 3.63) is 123 Å². The Bertz CT molecular complexity index is 1280. The molecule has 0 saturated carbocycles. The second-order valence-corrected chi connectivity index (χ2v) is 7.42. The Morgan fingerprint density at radius 3 is 2.45 bits per heavy atom. The highest BCUT2D eigenvalue weighted by Gasteiger charge is 2.26. The Kier molecular flexibility index (Phi) is 6.33. The Morgan fingerprint density at radius 1 is 1.09 bits per heavy atom. The number of carbonyl (C=O) groups excluding carboxylic acids is 1. The third-order valence-electron chi connectivity index (χ3n) is 4.80. The van der Waals surface area contributed by atoms with E-state index in [0.717, 1.165) is 5.56 Å². The fourth-order valence-electron chi connectivity index (χ4n) is 3.16. The van der Waals surface area contributed by atoms with Gasteiger partial charge in [0.05, 0.1) is 15.5 Å². The molecule has 0 spiro atoms. The average Bonchev–Trinajstić information content (AvgIpc) is 3.18. The van der Waals surface area contributed by atoms with Crippen LogP contribution < -0.4 is 4.74 Å². The van der Waals surface area contributed by atoms with Gasteiger partial charge in [-0.25, -0.2) is 9.79 Å². The van der Waals surface area contributed by atoms with Gasteiger partial charge in [-0.05, 0) is 41.5 Å². The van der Waals surface area contributed by atoms with Crippen LogP contribution in [0.15, 0.2) is 96.1 Å². The molecule has 0 fully saturated rings. The van der Waals surface area contributed by atoms with E-state index in [1.54, 1.807) is 36.4 Å². The van der Waals surface area contributed by atoms with Gasteiger partial charge < -0.3 is 9.47 Å². The topological polar surface area (TPSA) is 91.0 Å². The zero-order valence-corrected chi connectivity index (χ0v) is 17.9. The normalized spacial score (nSPS) is 15.0. The van der Waals surface area contributed by atoms with E-state index in [-0.39, 0.29) is 28.4 Å². The molecule has 0 amide bonds. The molecule has 1 heterocycles. The van der Waals surface area contributed by atoms with E-state index in [4.69, 9.17) is 21.1 Å². The Hall–Kier alpha value is -4.23. The number of hydrogen-bond donors (Lipinski definition) is 0. The van der Waals surface area contributed by atoms with Gasteiger partial charge in [0.25, 0.3) is 5.69 Å². The summed E-state index contributed by atoms with van der Waals surface area (Å²) in [5, 5.41) is 10.9. The first-order valence-corrected chi connectivity index (χ1v) is 10.2. The number of hydrogen-bond acceptors (Lipinski definition) is 6. The summed E-state index contributed by atoms with van der Waals surface area (Å²) >= 11 is 6.11. The van der Waals surface area contributed by atoms with Crippen molar-refractivity contribution in [1.29, 1.82) is 0 Å². The third kappa shape index (κ3) is 4.99. The van der Waals surface area contributed by atoms with Gasteiger partial charge >= 0.3 is 5.97 Å². The van der Waals surface area contributed by atoms with Crippen molar-refractivity contribution in [2.75, 3.05) is 0 Å². The summed E-state index contributed by atoms with van der Waals surface area (Å²) in [6.45, 7) is 3.84. The molecule has 3 aromatic carbocycles.